The Bertz CT molecular complexity index is 449. The number of rotatable bonds is 3. The first-order chi connectivity index (χ1) is 7.16. The second-order valence-corrected chi connectivity index (χ2v) is 4.38. The first-order valence-corrected chi connectivity index (χ1v) is 5.51. The van der Waals surface area contributed by atoms with Gasteiger partial charge >= 0.3 is 0 Å². The highest BCUT2D eigenvalue weighted by atomic mass is 32.1. The SMILES string of the molecule is Cc1ccsc1N(C)Cc1cc(N)no1. The third-order valence-electron chi connectivity index (χ3n) is 2.15. The minimum atomic E-state index is 0.432. The van der Waals surface area contributed by atoms with Gasteiger partial charge in [0.05, 0.1) is 11.5 Å². The molecule has 4 nitrogen and oxygen atoms in total. The number of nitrogens with two attached hydrogens (primary N) is 1. The van der Waals surface area contributed by atoms with Crippen molar-refractivity contribution in [3.05, 3.63) is 28.8 Å². The van der Waals surface area contributed by atoms with E-state index in [1.165, 1.54) is 10.6 Å². The predicted octanol–water partition coefficient (Wildman–Crippen LogP) is 2.26. The molecule has 15 heavy (non-hydrogen) atoms. The Labute approximate surface area is 92.3 Å². The Hall–Kier alpha value is -1.49. The van der Waals surface area contributed by atoms with Crippen LogP contribution in [0.5, 0.6) is 0 Å². The summed E-state index contributed by atoms with van der Waals surface area (Å²) < 4.78 is 5.06. The number of hydrogen-bond acceptors (Lipinski definition) is 5. The molecule has 2 aromatic rings. The van der Waals surface area contributed by atoms with Crippen molar-refractivity contribution in [2.75, 3.05) is 17.7 Å². The Morgan fingerprint density at radius 2 is 2.40 bits per heavy atom. The molecule has 0 fully saturated rings. The molecule has 2 heterocycles. The first kappa shape index (κ1) is 10.0. The lowest BCUT2D eigenvalue weighted by molar-refractivity contribution is 0.386. The van der Waals surface area contributed by atoms with Gasteiger partial charge in [0.15, 0.2) is 11.6 Å². The third kappa shape index (κ3) is 2.12. The van der Waals surface area contributed by atoms with E-state index in [0.29, 0.717) is 12.4 Å². The average molecular weight is 223 g/mol. The van der Waals surface area contributed by atoms with Crippen LogP contribution in [-0.4, -0.2) is 12.2 Å². The lowest BCUT2D eigenvalue weighted by atomic mass is 10.3. The van der Waals surface area contributed by atoms with Crippen LogP contribution >= 0.6 is 11.3 Å². The summed E-state index contributed by atoms with van der Waals surface area (Å²) in [6.45, 7) is 2.78. The molecule has 0 saturated carbocycles. The van der Waals surface area contributed by atoms with Crippen molar-refractivity contribution in [1.29, 1.82) is 0 Å². The van der Waals surface area contributed by atoms with Gasteiger partial charge in [-0.15, -0.1) is 11.3 Å². The number of thiophene rings is 1. The molecule has 2 rings (SSSR count). The van der Waals surface area contributed by atoms with Gasteiger partial charge in [-0.3, -0.25) is 0 Å². The summed E-state index contributed by atoms with van der Waals surface area (Å²) in [6, 6.07) is 3.85. The molecular formula is C10H13N3OS. The maximum absolute atomic E-state index is 5.48. The molecule has 0 bridgehead atoms. The van der Waals surface area contributed by atoms with Crippen LogP contribution in [-0.2, 0) is 6.54 Å². The van der Waals surface area contributed by atoms with E-state index in [4.69, 9.17) is 10.3 Å². The minimum Gasteiger partial charge on any atom is -0.381 e. The lowest BCUT2D eigenvalue weighted by Crippen LogP contribution is -2.15. The highest BCUT2D eigenvalue weighted by Gasteiger charge is 2.09. The molecule has 80 valence electrons. The number of nitrogen functional groups attached to an aromatic ring is 1. The fourth-order valence-electron chi connectivity index (χ4n) is 1.46. The fraction of sp³-hybridized carbons (Fsp3) is 0.300. The molecule has 0 amide bonds. The lowest BCUT2D eigenvalue weighted by Gasteiger charge is -2.16. The summed E-state index contributed by atoms with van der Waals surface area (Å²) in [5, 5.41) is 6.97. The van der Waals surface area contributed by atoms with Crippen LogP contribution in [0, 0.1) is 6.92 Å². The summed E-state index contributed by atoms with van der Waals surface area (Å²) in [5.41, 5.74) is 6.76. The van der Waals surface area contributed by atoms with E-state index >= 15 is 0 Å². The quantitative estimate of drug-likeness (QED) is 0.867. The van der Waals surface area contributed by atoms with Gasteiger partial charge in [0, 0.05) is 13.1 Å². The highest BCUT2D eigenvalue weighted by molar-refractivity contribution is 7.14. The van der Waals surface area contributed by atoms with E-state index in [2.05, 4.69) is 28.4 Å². The van der Waals surface area contributed by atoms with E-state index in [9.17, 15) is 0 Å². The first-order valence-electron chi connectivity index (χ1n) is 4.63. The molecule has 0 unspecified atom stereocenters. The maximum Gasteiger partial charge on any atom is 0.167 e. The summed E-state index contributed by atoms with van der Waals surface area (Å²) in [4.78, 5) is 2.12. The van der Waals surface area contributed by atoms with E-state index in [0.717, 1.165) is 5.76 Å². The minimum absolute atomic E-state index is 0.432. The smallest absolute Gasteiger partial charge is 0.167 e. The third-order valence-corrected chi connectivity index (χ3v) is 3.28. The Morgan fingerprint density at radius 1 is 1.60 bits per heavy atom. The number of aromatic nitrogens is 1. The van der Waals surface area contributed by atoms with Crippen LogP contribution in [0.15, 0.2) is 22.0 Å². The molecule has 2 N–H and O–H groups in total. The largest absolute Gasteiger partial charge is 0.381 e. The van der Waals surface area contributed by atoms with Crippen LogP contribution in [0.3, 0.4) is 0 Å². The molecule has 0 radical (unpaired) electrons. The molecular weight excluding hydrogens is 210 g/mol. The van der Waals surface area contributed by atoms with Crippen LogP contribution in [0.25, 0.3) is 0 Å². The second-order valence-electron chi connectivity index (χ2n) is 3.48. The number of nitrogens with zero attached hydrogens (tertiary/aromatic N) is 2. The normalized spacial score (nSPS) is 10.5. The topological polar surface area (TPSA) is 55.3 Å². The molecule has 2 aromatic heterocycles. The molecule has 0 aromatic carbocycles. The van der Waals surface area contributed by atoms with Crippen LogP contribution in [0.2, 0.25) is 0 Å². The number of hydrogen-bond donors (Lipinski definition) is 1. The van der Waals surface area contributed by atoms with Gasteiger partial charge in [0.25, 0.3) is 0 Å². The van der Waals surface area contributed by atoms with E-state index in [1.54, 1.807) is 17.4 Å². The fourth-order valence-corrected chi connectivity index (χ4v) is 2.36. The molecule has 5 heteroatoms. The number of anilines is 2. The average Bonchev–Trinajstić information content (AvgIpc) is 2.75. The van der Waals surface area contributed by atoms with Crippen LogP contribution < -0.4 is 10.6 Å². The summed E-state index contributed by atoms with van der Waals surface area (Å²) in [5.74, 6) is 1.21. The van der Waals surface area contributed by atoms with Gasteiger partial charge in [0.1, 0.15) is 0 Å². The zero-order valence-electron chi connectivity index (χ0n) is 8.73. The highest BCUT2D eigenvalue weighted by Crippen LogP contribution is 2.27. The molecule has 0 atom stereocenters. The van der Waals surface area contributed by atoms with Crippen molar-refractivity contribution in [3.8, 4) is 0 Å². The zero-order chi connectivity index (χ0) is 10.8. The van der Waals surface area contributed by atoms with Crippen molar-refractivity contribution in [2.24, 2.45) is 0 Å². The standard InChI is InChI=1S/C10H13N3OS/c1-7-3-4-15-10(7)13(2)6-8-5-9(11)12-14-8/h3-5H,6H2,1-2H3,(H2,11,12). The van der Waals surface area contributed by atoms with Gasteiger partial charge in [0.2, 0.25) is 0 Å². The Kier molecular flexibility index (Phi) is 2.64. The molecule has 0 aliphatic heterocycles. The van der Waals surface area contributed by atoms with Crippen LogP contribution in [0.1, 0.15) is 11.3 Å². The second kappa shape index (κ2) is 3.94. The monoisotopic (exact) mass is 223 g/mol. The van der Waals surface area contributed by atoms with E-state index in [-0.39, 0.29) is 0 Å². The van der Waals surface area contributed by atoms with Crippen molar-refractivity contribution in [3.63, 3.8) is 0 Å². The van der Waals surface area contributed by atoms with Crippen molar-refractivity contribution >= 4 is 22.2 Å². The van der Waals surface area contributed by atoms with Gasteiger partial charge in [-0.25, -0.2) is 0 Å². The molecule has 0 saturated heterocycles. The molecule has 0 spiro atoms. The van der Waals surface area contributed by atoms with Gasteiger partial charge in [-0.2, -0.15) is 0 Å². The summed E-state index contributed by atoms with van der Waals surface area (Å²) in [7, 11) is 2.03. The maximum atomic E-state index is 5.48. The van der Waals surface area contributed by atoms with E-state index in [1.807, 2.05) is 7.05 Å². The van der Waals surface area contributed by atoms with E-state index < -0.39 is 0 Å². The summed E-state index contributed by atoms with van der Waals surface area (Å²) >= 11 is 1.72. The van der Waals surface area contributed by atoms with Gasteiger partial charge in [-0.05, 0) is 23.9 Å². The Morgan fingerprint density at radius 3 is 2.93 bits per heavy atom. The predicted molar refractivity (Wildman–Crippen MR) is 62.1 cm³/mol. The molecule has 0 aliphatic rings. The Balaban J connectivity index is 2.10. The van der Waals surface area contributed by atoms with Gasteiger partial charge in [-0.1, -0.05) is 5.16 Å². The zero-order valence-corrected chi connectivity index (χ0v) is 9.54. The van der Waals surface area contributed by atoms with Crippen molar-refractivity contribution in [2.45, 2.75) is 13.5 Å². The summed E-state index contributed by atoms with van der Waals surface area (Å²) in [6.07, 6.45) is 0. The van der Waals surface area contributed by atoms with Crippen LogP contribution in [0.4, 0.5) is 10.8 Å². The molecule has 0 aliphatic carbocycles. The van der Waals surface area contributed by atoms with Crippen molar-refractivity contribution < 1.29 is 4.52 Å². The number of aryl methyl sites for hydroxylation is 1. The van der Waals surface area contributed by atoms with Crippen molar-refractivity contribution in [1.82, 2.24) is 5.16 Å². The van der Waals surface area contributed by atoms with Gasteiger partial charge < -0.3 is 15.2 Å².